The minimum atomic E-state index is -0.0281. The number of carbonyl (C=O) groups excluding carboxylic acids is 1. The summed E-state index contributed by atoms with van der Waals surface area (Å²) in [6.45, 7) is 8.60. The SMILES string of the molecule is CC(C)c1cccc(C(C)C)c1NC(=O)Cc1csc(Cc2cccc(Cl)c2)n1. The lowest BCUT2D eigenvalue weighted by atomic mass is 9.92. The van der Waals surface area contributed by atoms with Crippen molar-refractivity contribution >= 4 is 34.5 Å². The first kappa shape index (κ1) is 21.5. The van der Waals surface area contributed by atoms with Crippen molar-refractivity contribution in [3.63, 3.8) is 0 Å². The van der Waals surface area contributed by atoms with E-state index >= 15 is 0 Å². The molecule has 0 spiro atoms. The number of halogens is 1. The lowest BCUT2D eigenvalue weighted by molar-refractivity contribution is -0.115. The van der Waals surface area contributed by atoms with E-state index in [2.05, 4.69) is 56.2 Å². The van der Waals surface area contributed by atoms with Crippen LogP contribution in [-0.4, -0.2) is 10.9 Å². The Balaban J connectivity index is 1.71. The van der Waals surface area contributed by atoms with E-state index in [-0.39, 0.29) is 12.3 Å². The van der Waals surface area contributed by atoms with Crippen LogP contribution in [0, 0.1) is 0 Å². The van der Waals surface area contributed by atoms with Gasteiger partial charge in [-0.2, -0.15) is 0 Å². The van der Waals surface area contributed by atoms with Gasteiger partial charge in [0.05, 0.1) is 17.1 Å². The zero-order valence-electron chi connectivity index (χ0n) is 17.3. The molecule has 0 radical (unpaired) electrons. The first-order chi connectivity index (χ1) is 13.8. The Morgan fingerprint density at radius 3 is 2.34 bits per heavy atom. The smallest absolute Gasteiger partial charge is 0.230 e. The van der Waals surface area contributed by atoms with Gasteiger partial charge in [0, 0.05) is 22.5 Å². The number of hydrogen-bond donors (Lipinski definition) is 1. The average Bonchev–Trinajstić information content (AvgIpc) is 3.08. The molecule has 0 aliphatic rings. The second kappa shape index (κ2) is 9.55. The number of carbonyl (C=O) groups is 1. The molecule has 0 unspecified atom stereocenters. The van der Waals surface area contributed by atoms with Crippen LogP contribution in [-0.2, 0) is 17.6 Å². The van der Waals surface area contributed by atoms with Crippen molar-refractivity contribution in [2.45, 2.75) is 52.4 Å². The Morgan fingerprint density at radius 2 is 1.72 bits per heavy atom. The maximum atomic E-state index is 12.8. The van der Waals surface area contributed by atoms with Gasteiger partial charge in [0.25, 0.3) is 0 Å². The Labute approximate surface area is 182 Å². The third-order valence-corrected chi connectivity index (χ3v) is 5.96. The highest BCUT2D eigenvalue weighted by atomic mass is 35.5. The Hall–Kier alpha value is -2.17. The Morgan fingerprint density at radius 1 is 1.07 bits per heavy atom. The van der Waals surface area contributed by atoms with Gasteiger partial charge in [-0.25, -0.2) is 4.98 Å². The van der Waals surface area contributed by atoms with Gasteiger partial charge < -0.3 is 5.32 Å². The molecule has 0 saturated carbocycles. The highest BCUT2D eigenvalue weighted by Gasteiger charge is 2.17. The summed E-state index contributed by atoms with van der Waals surface area (Å²) in [5.41, 5.74) is 5.22. The molecule has 0 aliphatic carbocycles. The van der Waals surface area contributed by atoms with Crippen molar-refractivity contribution in [2.75, 3.05) is 5.32 Å². The van der Waals surface area contributed by atoms with E-state index in [1.54, 1.807) is 11.3 Å². The van der Waals surface area contributed by atoms with Gasteiger partial charge in [-0.1, -0.05) is 69.6 Å². The van der Waals surface area contributed by atoms with Crippen LogP contribution < -0.4 is 5.32 Å². The normalized spacial score (nSPS) is 11.3. The van der Waals surface area contributed by atoms with Crippen molar-refractivity contribution in [3.8, 4) is 0 Å². The molecule has 3 aromatic rings. The molecule has 1 N–H and O–H groups in total. The molecule has 0 aliphatic heterocycles. The van der Waals surface area contributed by atoms with Crippen LogP contribution in [0.1, 0.15) is 66.9 Å². The van der Waals surface area contributed by atoms with Crippen LogP contribution in [0.15, 0.2) is 47.8 Å². The standard InChI is InChI=1S/C24H27ClN2OS/c1-15(2)20-9-6-10-21(16(3)4)24(20)27-22(28)13-19-14-29-23(26-19)12-17-7-5-8-18(25)11-17/h5-11,14-16H,12-13H2,1-4H3,(H,27,28). The summed E-state index contributed by atoms with van der Waals surface area (Å²) in [7, 11) is 0. The number of nitrogens with one attached hydrogen (secondary N) is 1. The summed E-state index contributed by atoms with van der Waals surface area (Å²) in [5, 5.41) is 6.85. The van der Waals surface area contributed by atoms with Crippen LogP contribution in [0.3, 0.4) is 0 Å². The van der Waals surface area contributed by atoms with E-state index in [0.29, 0.717) is 11.8 Å². The molecule has 152 valence electrons. The summed E-state index contributed by atoms with van der Waals surface area (Å²) in [5.74, 6) is 0.653. The summed E-state index contributed by atoms with van der Waals surface area (Å²) < 4.78 is 0. The van der Waals surface area contributed by atoms with Crippen molar-refractivity contribution in [3.05, 3.63) is 80.3 Å². The molecule has 0 saturated heterocycles. The predicted octanol–water partition coefficient (Wildman–Crippen LogP) is 6.82. The van der Waals surface area contributed by atoms with Crippen LogP contribution in [0.5, 0.6) is 0 Å². The number of hydrogen-bond acceptors (Lipinski definition) is 3. The first-order valence-electron chi connectivity index (χ1n) is 9.94. The highest BCUT2D eigenvalue weighted by Crippen LogP contribution is 2.32. The van der Waals surface area contributed by atoms with E-state index in [1.807, 2.05) is 29.6 Å². The molecule has 0 bridgehead atoms. The first-order valence-corrected chi connectivity index (χ1v) is 11.2. The van der Waals surface area contributed by atoms with Gasteiger partial charge in [0.2, 0.25) is 5.91 Å². The van der Waals surface area contributed by atoms with Gasteiger partial charge in [-0.15, -0.1) is 11.3 Å². The monoisotopic (exact) mass is 426 g/mol. The fraction of sp³-hybridized carbons (Fsp3) is 0.333. The summed E-state index contributed by atoms with van der Waals surface area (Å²) >= 11 is 7.64. The van der Waals surface area contributed by atoms with Gasteiger partial charge in [-0.3, -0.25) is 4.79 Å². The van der Waals surface area contributed by atoms with Crippen LogP contribution in [0.2, 0.25) is 5.02 Å². The van der Waals surface area contributed by atoms with E-state index in [9.17, 15) is 4.79 Å². The minimum absolute atomic E-state index is 0.0281. The van der Waals surface area contributed by atoms with Crippen LogP contribution in [0.25, 0.3) is 0 Å². The quantitative estimate of drug-likeness (QED) is 0.450. The van der Waals surface area contributed by atoms with Crippen LogP contribution >= 0.6 is 22.9 Å². The van der Waals surface area contributed by atoms with Crippen molar-refractivity contribution < 1.29 is 4.79 Å². The molecule has 3 rings (SSSR count). The number of para-hydroxylation sites is 1. The maximum absolute atomic E-state index is 12.8. The summed E-state index contributed by atoms with van der Waals surface area (Å²) in [4.78, 5) is 17.4. The second-order valence-corrected chi connectivity index (χ2v) is 9.26. The largest absolute Gasteiger partial charge is 0.325 e. The van der Waals surface area contributed by atoms with Crippen molar-refractivity contribution in [1.82, 2.24) is 4.98 Å². The fourth-order valence-electron chi connectivity index (χ4n) is 3.38. The highest BCUT2D eigenvalue weighted by molar-refractivity contribution is 7.09. The number of amides is 1. The lowest BCUT2D eigenvalue weighted by Gasteiger charge is -2.20. The molecule has 0 fully saturated rings. The fourth-order valence-corrected chi connectivity index (χ4v) is 4.42. The van der Waals surface area contributed by atoms with Gasteiger partial charge in [-0.05, 0) is 40.7 Å². The zero-order chi connectivity index (χ0) is 21.0. The van der Waals surface area contributed by atoms with E-state index in [1.165, 1.54) is 11.1 Å². The molecular weight excluding hydrogens is 400 g/mol. The summed E-state index contributed by atoms with van der Waals surface area (Å²) in [6.07, 6.45) is 0.997. The molecule has 2 aromatic carbocycles. The molecule has 1 amide bonds. The third kappa shape index (κ3) is 5.68. The molecule has 5 heteroatoms. The van der Waals surface area contributed by atoms with Gasteiger partial charge in [0.15, 0.2) is 0 Å². The van der Waals surface area contributed by atoms with E-state index in [4.69, 9.17) is 11.6 Å². The number of anilines is 1. The van der Waals surface area contributed by atoms with E-state index < -0.39 is 0 Å². The second-order valence-electron chi connectivity index (χ2n) is 7.89. The molecule has 29 heavy (non-hydrogen) atoms. The van der Waals surface area contributed by atoms with Gasteiger partial charge >= 0.3 is 0 Å². The number of benzene rings is 2. The molecule has 1 heterocycles. The molecule has 1 aromatic heterocycles. The molecule has 0 atom stereocenters. The average molecular weight is 427 g/mol. The number of thiazole rings is 1. The number of rotatable bonds is 7. The van der Waals surface area contributed by atoms with Crippen LogP contribution in [0.4, 0.5) is 5.69 Å². The predicted molar refractivity (Wildman–Crippen MR) is 123 cm³/mol. The van der Waals surface area contributed by atoms with E-state index in [0.717, 1.165) is 33.4 Å². The Kier molecular flexibility index (Phi) is 7.09. The number of aromatic nitrogens is 1. The minimum Gasteiger partial charge on any atom is -0.325 e. The zero-order valence-corrected chi connectivity index (χ0v) is 18.9. The molecule has 3 nitrogen and oxygen atoms in total. The third-order valence-electron chi connectivity index (χ3n) is 4.82. The topological polar surface area (TPSA) is 42.0 Å². The lowest BCUT2D eigenvalue weighted by Crippen LogP contribution is -2.18. The number of nitrogens with zero attached hydrogens (tertiary/aromatic N) is 1. The Bertz CT molecular complexity index is 968. The van der Waals surface area contributed by atoms with Gasteiger partial charge in [0.1, 0.15) is 0 Å². The summed E-state index contributed by atoms with van der Waals surface area (Å²) in [6, 6.07) is 14.1. The van der Waals surface area contributed by atoms with Crippen molar-refractivity contribution in [1.29, 1.82) is 0 Å². The maximum Gasteiger partial charge on any atom is 0.230 e. The molecular formula is C24H27ClN2OS. The van der Waals surface area contributed by atoms with Crippen molar-refractivity contribution in [2.24, 2.45) is 0 Å².